The third-order valence-electron chi connectivity index (χ3n) is 2.86. The summed E-state index contributed by atoms with van der Waals surface area (Å²) in [7, 11) is 0. The molecule has 0 aliphatic carbocycles. The minimum atomic E-state index is -0.165. The van der Waals surface area contributed by atoms with E-state index in [1.165, 1.54) is 0 Å². The quantitative estimate of drug-likeness (QED) is 0.676. The van der Waals surface area contributed by atoms with Crippen molar-refractivity contribution in [2.75, 3.05) is 5.73 Å². The largest absolute Gasteiger partial charge is 0.399 e. The summed E-state index contributed by atoms with van der Waals surface area (Å²) < 4.78 is 6.93. The molecule has 0 amide bonds. The van der Waals surface area contributed by atoms with E-state index in [0.717, 1.165) is 11.0 Å². The molecule has 2 aromatic heterocycles. The Bertz CT molecular complexity index is 731. The van der Waals surface area contributed by atoms with Crippen molar-refractivity contribution in [2.24, 2.45) is 0 Å². The van der Waals surface area contributed by atoms with Gasteiger partial charge in [-0.2, -0.15) is 4.98 Å². The zero-order valence-corrected chi connectivity index (χ0v) is 10.4. The molecule has 2 heterocycles. The second kappa shape index (κ2) is 4.36. The second-order valence-corrected chi connectivity index (χ2v) is 4.26. The van der Waals surface area contributed by atoms with Crippen molar-refractivity contribution in [1.29, 1.82) is 0 Å². The van der Waals surface area contributed by atoms with Crippen LogP contribution in [0.5, 0.6) is 0 Å². The Morgan fingerprint density at radius 1 is 1.37 bits per heavy atom. The maximum absolute atomic E-state index is 9.39. The maximum atomic E-state index is 9.39. The number of aromatic nitrogens is 4. The van der Waals surface area contributed by atoms with Crippen molar-refractivity contribution in [3.63, 3.8) is 0 Å². The van der Waals surface area contributed by atoms with Crippen LogP contribution in [0.3, 0.4) is 0 Å². The van der Waals surface area contributed by atoms with Gasteiger partial charge in [0.05, 0.1) is 11.0 Å². The molecule has 7 heteroatoms. The predicted molar refractivity (Wildman–Crippen MR) is 68.2 cm³/mol. The molecule has 19 heavy (non-hydrogen) atoms. The molecule has 0 spiro atoms. The standard InChI is InChI=1S/C12H13N5O2/c1-7-14-12(19-16-7)5-17-10-3-2-8(13)4-9(10)15-11(17)6-18/h2-4,18H,5-6,13H2,1H3. The highest BCUT2D eigenvalue weighted by atomic mass is 16.5. The number of benzene rings is 1. The molecule has 0 saturated carbocycles. The Morgan fingerprint density at radius 3 is 2.89 bits per heavy atom. The number of fused-ring (bicyclic) bond motifs is 1. The number of imidazole rings is 1. The molecule has 7 nitrogen and oxygen atoms in total. The van der Waals surface area contributed by atoms with Crippen LogP contribution in [0, 0.1) is 6.92 Å². The molecule has 1 aromatic carbocycles. The number of nitrogens with two attached hydrogens (primary N) is 1. The van der Waals surface area contributed by atoms with Crippen LogP contribution < -0.4 is 5.73 Å². The first-order valence-electron chi connectivity index (χ1n) is 5.82. The van der Waals surface area contributed by atoms with Gasteiger partial charge in [-0.1, -0.05) is 5.16 Å². The number of hydrogen-bond acceptors (Lipinski definition) is 6. The van der Waals surface area contributed by atoms with E-state index in [1.807, 2.05) is 10.6 Å². The summed E-state index contributed by atoms with van der Waals surface area (Å²) in [6.07, 6.45) is 0. The molecule has 0 radical (unpaired) electrons. The number of hydrogen-bond donors (Lipinski definition) is 2. The van der Waals surface area contributed by atoms with Crippen LogP contribution in [0.4, 0.5) is 5.69 Å². The lowest BCUT2D eigenvalue weighted by Gasteiger charge is -2.04. The van der Waals surface area contributed by atoms with E-state index in [1.54, 1.807) is 19.1 Å². The fourth-order valence-corrected chi connectivity index (χ4v) is 2.03. The maximum Gasteiger partial charge on any atom is 0.246 e. The highest BCUT2D eigenvalue weighted by molar-refractivity contribution is 5.79. The molecule has 0 aliphatic rings. The molecule has 0 atom stereocenters. The smallest absolute Gasteiger partial charge is 0.246 e. The number of aryl methyl sites for hydroxylation is 1. The molecule has 0 saturated heterocycles. The zero-order chi connectivity index (χ0) is 13.4. The monoisotopic (exact) mass is 259 g/mol. The van der Waals surface area contributed by atoms with Crippen molar-refractivity contribution >= 4 is 16.7 Å². The average molecular weight is 259 g/mol. The van der Waals surface area contributed by atoms with Gasteiger partial charge in [0.25, 0.3) is 0 Å². The van der Waals surface area contributed by atoms with Gasteiger partial charge in [0.15, 0.2) is 5.82 Å². The molecule has 0 unspecified atom stereocenters. The first-order chi connectivity index (χ1) is 9.17. The SMILES string of the molecule is Cc1noc(Cn2c(CO)nc3cc(N)ccc32)n1. The van der Waals surface area contributed by atoms with E-state index in [9.17, 15) is 5.11 Å². The van der Waals surface area contributed by atoms with Crippen LogP contribution in [0.15, 0.2) is 22.7 Å². The summed E-state index contributed by atoms with van der Waals surface area (Å²) in [4.78, 5) is 8.49. The Morgan fingerprint density at radius 2 is 2.21 bits per heavy atom. The summed E-state index contributed by atoms with van der Waals surface area (Å²) in [5, 5.41) is 13.1. The lowest BCUT2D eigenvalue weighted by molar-refractivity contribution is 0.265. The molecule has 0 fully saturated rings. The molecule has 0 aliphatic heterocycles. The molecule has 3 aromatic rings. The normalized spacial score (nSPS) is 11.3. The van der Waals surface area contributed by atoms with Crippen LogP contribution in [-0.4, -0.2) is 24.8 Å². The van der Waals surface area contributed by atoms with Crippen molar-refractivity contribution in [2.45, 2.75) is 20.1 Å². The van der Waals surface area contributed by atoms with Gasteiger partial charge >= 0.3 is 0 Å². The Hall–Kier alpha value is -2.41. The minimum Gasteiger partial charge on any atom is -0.399 e. The van der Waals surface area contributed by atoms with E-state index in [4.69, 9.17) is 10.3 Å². The number of aliphatic hydroxyl groups is 1. The number of aliphatic hydroxyl groups excluding tert-OH is 1. The Kier molecular flexibility index (Phi) is 2.68. The topological polar surface area (TPSA) is 103 Å². The molecule has 3 rings (SSSR count). The van der Waals surface area contributed by atoms with Gasteiger partial charge in [-0.15, -0.1) is 0 Å². The van der Waals surface area contributed by atoms with Crippen molar-refractivity contribution in [3.8, 4) is 0 Å². The Balaban J connectivity index is 2.10. The van der Waals surface area contributed by atoms with Crippen LogP contribution >= 0.6 is 0 Å². The van der Waals surface area contributed by atoms with Crippen LogP contribution in [-0.2, 0) is 13.2 Å². The molecule has 0 bridgehead atoms. The fraction of sp³-hybridized carbons (Fsp3) is 0.250. The van der Waals surface area contributed by atoms with Gasteiger partial charge in [0.1, 0.15) is 19.0 Å². The zero-order valence-electron chi connectivity index (χ0n) is 10.4. The fourth-order valence-electron chi connectivity index (χ4n) is 2.03. The third-order valence-corrected chi connectivity index (χ3v) is 2.86. The number of nitrogens with zero attached hydrogens (tertiary/aromatic N) is 4. The summed E-state index contributed by atoms with van der Waals surface area (Å²) in [6.45, 7) is 1.96. The van der Waals surface area contributed by atoms with Crippen LogP contribution in [0.2, 0.25) is 0 Å². The van der Waals surface area contributed by atoms with Gasteiger partial charge in [0.2, 0.25) is 5.89 Å². The molecule has 98 valence electrons. The third kappa shape index (κ3) is 2.04. The van der Waals surface area contributed by atoms with Gasteiger partial charge in [-0.05, 0) is 25.1 Å². The minimum absolute atomic E-state index is 0.165. The number of nitrogen functional groups attached to an aromatic ring is 1. The van der Waals surface area contributed by atoms with Crippen molar-refractivity contribution in [1.82, 2.24) is 19.7 Å². The predicted octanol–water partition coefficient (Wildman–Crippen LogP) is 0.851. The van der Waals surface area contributed by atoms with Gasteiger partial charge in [-0.25, -0.2) is 4.98 Å². The van der Waals surface area contributed by atoms with E-state index in [-0.39, 0.29) is 6.61 Å². The first kappa shape index (κ1) is 11.7. The van der Waals surface area contributed by atoms with E-state index < -0.39 is 0 Å². The number of rotatable bonds is 3. The van der Waals surface area contributed by atoms with Crippen molar-refractivity contribution < 1.29 is 9.63 Å². The molecular weight excluding hydrogens is 246 g/mol. The highest BCUT2D eigenvalue weighted by Crippen LogP contribution is 2.20. The van der Waals surface area contributed by atoms with E-state index in [0.29, 0.717) is 29.8 Å². The van der Waals surface area contributed by atoms with Gasteiger partial charge in [0, 0.05) is 5.69 Å². The summed E-state index contributed by atoms with van der Waals surface area (Å²) in [6, 6.07) is 5.42. The second-order valence-electron chi connectivity index (χ2n) is 4.26. The van der Waals surface area contributed by atoms with E-state index in [2.05, 4.69) is 15.1 Å². The van der Waals surface area contributed by atoms with Crippen molar-refractivity contribution in [3.05, 3.63) is 35.7 Å². The highest BCUT2D eigenvalue weighted by Gasteiger charge is 2.13. The first-order valence-corrected chi connectivity index (χ1v) is 5.82. The van der Waals surface area contributed by atoms with Crippen LogP contribution in [0.1, 0.15) is 17.5 Å². The van der Waals surface area contributed by atoms with E-state index >= 15 is 0 Å². The average Bonchev–Trinajstić information content (AvgIpc) is 2.94. The lowest BCUT2D eigenvalue weighted by Crippen LogP contribution is -2.05. The summed E-state index contributed by atoms with van der Waals surface area (Å²) in [5.74, 6) is 1.59. The molecular formula is C12H13N5O2. The number of anilines is 1. The summed E-state index contributed by atoms with van der Waals surface area (Å²) in [5.41, 5.74) is 7.97. The molecule has 3 N–H and O–H groups in total. The van der Waals surface area contributed by atoms with Gasteiger partial charge < -0.3 is 19.9 Å². The Labute approximate surface area is 108 Å². The lowest BCUT2D eigenvalue weighted by atomic mass is 10.3. The summed E-state index contributed by atoms with van der Waals surface area (Å²) >= 11 is 0. The van der Waals surface area contributed by atoms with Crippen LogP contribution in [0.25, 0.3) is 11.0 Å². The van der Waals surface area contributed by atoms with Gasteiger partial charge in [-0.3, -0.25) is 0 Å².